The van der Waals surface area contributed by atoms with Crippen molar-refractivity contribution in [2.24, 2.45) is 0 Å². The lowest BCUT2D eigenvalue weighted by Gasteiger charge is -2.16. The van der Waals surface area contributed by atoms with E-state index in [2.05, 4.69) is 30.2 Å². The van der Waals surface area contributed by atoms with Gasteiger partial charge in [0.1, 0.15) is 23.6 Å². The summed E-state index contributed by atoms with van der Waals surface area (Å²) in [5.74, 6) is -0.886. The Hall–Kier alpha value is -4.73. The lowest BCUT2D eigenvalue weighted by Crippen LogP contribution is -2.11. The Bertz CT molecular complexity index is 1570. The number of ketones is 1. The van der Waals surface area contributed by atoms with Gasteiger partial charge >= 0.3 is 0 Å². The van der Waals surface area contributed by atoms with Crippen LogP contribution in [0.25, 0.3) is 11.0 Å². The molecule has 0 fully saturated rings. The lowest BCUT2D eigenvalue weighted by molar-refractivity contribution is 0.103. The minimum Gasteiger partial charge on any atom is -0.481 e. The summed E-state index contributed by atoms with van der Waals surface area (Å²) in [6, 6.07) is 12.4. The Kier molecular flexibility index (Phi) is 6.55. The summed E-state index contributed by atoms with van der Waals surface area (Å²) in [5, 5.41) is 3.67. The standard InChI is InChI=1S/C27H22F2N6O2/c1-15(17-4-6-18(28)7-5-17)34-27-23-21(13-31-26(23)32-14-33-27)24(36)20-9-8-19(35-25(20)29)11-16-3-10-22(37-2)30-12-16/h3-10,12-15H,11H2,1-2H3,(H2,31,32,33,34)/t15-/m0/s1. The second-order valence-corrected chi connectivity index (χ2v) is 8.42. The van der Waals surface area contributed by atoms with Gasteiger partial charge in [-0.25, -0.2) is 24.3 Å². The van der Waals surface area contributed by atoms with Crippen molar-refractivity contribution in [3.63, 3.8) is 0 Å². The van der Waals surface area contributed by atoms with Crippen LogP contribution < -0.4 is 10.1 Å². The summed E-state index contributed by atoms with van der Waals surface area (Å²) in [4.78, 5) is 33.0. The van der Waals surface area contributed by atoms with Gasteiger partial charge in [0.2, 0.25) is 11.8 Å². The number of H-pyrrole nitrogens is 1. The second-order valence-electron chi connectivity index (χ2n) is 8.42. The third kappa shape index (κ3) is 4.99. The number of carbonyl (C=O) groups is 1. The highest BCUT2D eigenvalue weighted by Gasteiger charge is 2.23. The van der Waals surface area contributed by atoms with Gasteiger partial charge in [-0.05, 0) is 42.3 Å². The van der Waals surface area contributed by atoms with Crippen molar-refractivity contribution in [2.75, 3.05) is 12.4 Å². The van der Waals surface area contributed by atoms with Gasteiger partial charge in [-0.2, -0.15) is 4.39 Å². The van der Waals surface area contributed by atoms with E-state index in [4.69, 9.17) is 4.74 Å². The van der Waals surface area contributed by atoms with Crippen LogP contribution in [-0.2, 0) is 6.42 Å². The highest BCUT2D eigenvalue weighted by atomic mass is 19.1. The van der Waals surface area contributed by atoms with E-state index in [0.717, 1.165) is 11.1 Å². The van der Waals surface area contributed by atoms with Crippen LogP contribution in [0.4, 0.5) is 14.6 Å². The van der Waals surface area contributed by atoms with Crippen molar-refractivity contribution in [1.29, 1.82) is 0 Å². The highest BCUT2D eigenvalue weighted by Crippen LogP contribution is 2.29. The molecule has 1 aromatic carbocycles. The number of carbonyl (C=O) groups excluding carboxylic acids is 1. The molecule has 0 amide bonds. The van der Waals surface area contributed by atoms with Crippen molar-refractivity contribution in [2.45, 2.75) is 19.4 Å². The summed E-state index contributed by atoms with van der Waals surface area (Å²) in [5.41, 5.74) is 2.57. The van der Waals surface area contributed by atoms with Crippen molar-refractivity contribution in [3.05, 3.63) is 107 Å². The summed E-state index contributed by atoms with van der Waals surface area (Å²) in [6.07, 6.45) is 4.81. The summed E-state index contributed by atoms with van der Waals surface area (Å²) in [6.45, 7) is 1.88. The fraction of sp³-hybridized carbons (Fsp3) is 0.148. The van der Waals surface area contributed by atoms with Gasteiger partial charge in [0.15, 0.2) is 5.78 Å². The molecule has 5 rings (SSSR count). The van der Waals surface area contributed by atoms with Crippen molar-refractivity contribution < 1.29 is 18.3 Å². The number of ether oxygens (including phenoxy) is 1. The van der Waals surface area contributed by atoms with Gasteiger partial charge in [0, 0.05) is 36.6 Å². The molecule has 4 heterocycles. The lowest BCUT2D eigenvalue weighted by atomic mass is 10.0. The number of rotatable bonds is 8. The molecule has 2 N–H and O–H groups in total. The number of benzene rings is 1. The van der Waals surface area contributed by atoms with Crippen LogP contribution in [0, 0.1) is 11.8 Å². The molecule has 10 heteroatoms. The topological polar surface area (TPSA) is 106 Å². The average Bonchev–Trinajstić information content (AvgIpc) is 3.34. The summed E-state index contributed by atoms with van der Waals surface area (Å²) < 4.78 is 33.4. The molecule has 37 heavy (non-hydrogen) atoms. The first kappa shape index (κ1) is 24.0. The molecule has 0 bridgehead atoms. The van der Waals surface area contributed by atoms with Crippen LogP contribution >= 0.6 is 0 Å². The van der Waals surface area contributed by atoms with E-state index < -0.39 is 11.7 Å². The van der Waals surface area contributed by atoms with E-state index >= 15 is 4.39 Å². The van der Waals surface area contributed by atoms with Gasteiger partial charge in [-0.15, -0.1) is 0 Å². The third-order valence-electron chi connectivity index (χ3n) is 5.98. The molecule has 0 unspecified atom stereocenters. The molecular formula is C27H22F2N6O2. The van der Waals surface area contributed by atoms with Crippen LogP contribution in [0.3, 0.4) is 0 Å². The number of anilines is 1. The maximum Gasteiger partial charge on any atom is 0.224 e. The molecule has 186 valence electrons. The van der Waals surface area contributed by atoms with Crippen molar-refractivity contribution >= 4 is 22.6 Å². The summed E-state index contributed by atoms with van der Waals surface area (Å²) >= 11 is 0. The average molecular weight is 501 g/mol. The number of methoxy groups -OCH3 is 1. The SMILES string of the molecule is COc1ccc(Cc2ccc(C(=O)c3c[nH]c4ncnc(N[C@@H](C)c5ccc(F)cc5)c34)c(F)n2)cn1. The summed E-state index contributed by atoms with van der Waals surface area (Å²) in [7, 11) is 1.53. The molecule has 0 radical (unpaired) electrons. The monoisotopic (exact) mass is 500 g/mol. The highest BCUT2D eigenvalue weighted by molar-refractivity contribution is 6.18. The van der Waals surface area contributed by atoms with E-state index in [1.165, 1.54) is 37.8 Å². The van der Waals surface area contributed by atoms with Crippen LogP contribution in [-0.4, -0.2) is 37.8 Å². The van der Waals surface area contributed by atoms with Crippen LogP contribution in [0.15, 0.2) is 67.3 Å². The first-order valence-electron chi connectivity index (χ1n) is 11.5. The fourth-order valence-electron chi connectivity index (χ4n) is 4.02. The fourth-order valence-corrected chi connectivity index (χ4v) is 4.02. The number of hydrogen-bond donors (Lipinski definition) is 2. The zero-order valence-electron chi connectivity index (χ0n) is 20.0. The Morgan fingerprint density at radius 1 is 1.03 bits per heavy atom. The Labute approximate surface area is 210 Å². The number of hydrogen-bond acceptors (Lipinski definition) is 7. The molecule has 0 saturated heterocycles. The molecule has 0 saturated carbocycles. The smallest absolute Gasteiger partial charge is 0.224 e. The Balaban J connectivity index is 1.42. The first-order valence-corrected chi connectivity index (χ1v) is 11.5. The van der Waals surface area contributed by atoms with E-state index in [1.807, 2.05) is 13.0 Å². The number of halogens is 2. The van der Waals surface area contributed by atoms with E-state index in [1.54, 1.807) is 30.5 Å². The predicted octanol–water partition coefficient (Wildman–Crippen LogP) is 5.03. The number of aromatic amines is 1. The van der Waals surface area contributed by atoms with Gasteiger partial charge < -0.3 is 15.0 Å². The molecule has 4 aromatic heterocycles. The van der Waals surface area contributed by atoms with Crippen molar-refractivity contribution in [1.82, 2.24) is 24.9 Å². The van der Waals surface area contributed by atoms with Gasteiger partial charge in [-0.1, -0.05) is 18.2 Å². The van der Waals surface area contributed by atoms with E-state index in [0.29, 0.717) is 34.8 Å². The van der Waals surface area contributed by atoms with Crippen LogP contribution in [0.5, 0.6) is 5.88 Å². The number of pyridine rings is 2. The molecule has 1 atom stereocenters. The first-order chi connectivity index (χ1) is 17.9. The number of nitrogens with zero attached hydrogens (tertiary/aromatic N) is 4. The molecule has 8 nitrogen and oxygen atoms in total. The largest absolute Gasteiger partial charge is 0.481 e. The Morgan fingerprint density at radius 2 is 1.84 bits per heavy atom. The van der Waals surface area contributed by atoms with Crippen LogP contribution in [0.1, 0.15) is 45.7 Å². The number of nitrogens with one attached hydrogen (secondary N) is 2. The minimum atomic E-state index is -0.871. The molecule has 0 spiro atoms. The number of fused-ring (bicyclic) bond motifs is 1. The normalized spacial score (nSPS) is 11.9. The molecule has 0 aliphatic rings. The van der Waals surface area contributed by atoms with E-state index in [9.17, 15) is 9.18 Å². The quantitative estimate of drug-likeness (QED) is 0.227. The molecular weight excluding hydrogens is 478 g/mol. The zero-order chi connectivity index (χ0) is 25.9. The van der Waals surface area contributed by atoms with Gasteiger partial charge in [0.05, 0.1) is 23.6 Å². The van der Waals surface area contributed by atoms with Gasteiger partial charge in [0.25, 0.3) is 0 Å². The van der Waals surface area contributed by atoms with E-state index in [-0.39, 0.29) is 23.0 Å². The minimum absolute atomic E-state index is 0.168. The number of aromatic nitrogens is 5. The predicted molar refractivity (Wildman–Crippen MR) is 134 cm³/mol. The molecule has 0 aliphatic carbocycles. The molecule has 0 aliphatic heterocycles. The van der Waals surface area contributed by atoms with Crippen LogP contribution in [0.2, 0.25) is 0 Å². The molecule has 5 aromatic rings. The van der Waals surface area contributed by atoms with Gasteiger partial charge in [-0.3, -0.25) is 4.79 Å². The third-order valence-corrected chi connectivity index (χ3v) is 5.98. The maximum absolute atomic E-state index is 15.0. The zero-order valence-corrected chi connectivity index (χ0v) is 20.0. The van der Waals surface area contributed by atoms with Crippen molar-refractivity contribution in [3.8, 4) is 5.88 Å². The Morgan fingerprint density at radius 3 is 2.54 bits per heavy atom. The second kappa shape index (κ2) is 10.1. The maximum atomic E-state index is 15.0.